The topological polar surface area (TPSA) is 64.3 Å². The van der Waals surface area contributed by atoms with E-state index in [0.717, 1.165) is 12.8 Å². The molecule has 1 aromatic carbocycles. The number of carbonyl (C=O) groups excluding carboxylic acids is 1. The lowest BCUT2D eigenvalue weighted by Gasteiger charge is -2.31. The lowest BCUT2D eigenvalue weighted by atomic mass is 9.93. The summed E-state index contributed by atoms with van der Waals surface area (Å²) in [6, 6.07) is 3.95. The Labute approximate surface area is 123 Å². The van der Waals surface area contributed by atoms with Gasteiger partial charge in [0.05, 0.1) is 10.6 Å². The van der Waals surface area contributed by atoms with Crippen LogP contribution in [0.25, 0.3) is 0 Å². The number of benzene rings is 1. The highest BCUT2D eigenvalue weighted by molar-refractivity contribution is 6.30. The first-order valence-corrected chi connectivity index (χ1v) is 6.93. The third-order valence-electron chi connectivity index (χ3n) is 3.41. The van der Waals surface area contributed by atoms with Crippen molar-refractivity contribution in [2.45, 2.75) is 32.2 Å². The Kier molecular flexibility index (Phi) is 6.23. The number of nitrogens with two attached hydrogens (primary N) is 1. The van der Waals surface area contributed by atoms with Crippen LogP contribution in [0.4, 0.5) is 4.39 Å². The fourth-order valence-electron chi connectivity index (χ4n) is 1.81. The molecule has 0 aliphatic heterocycles. The number of carbonyl (C=O) groups is 1. The molecule has 0 heterocycles. The molecule has 1 aromatic rings. The van der Waals surface area contributed by atoms with E-state index in [1.807, 2.05) is 13.8 Å². The van der Waals surface area contributed by atoms with E-state index in [2.05, 4.69) is 5.32 Å². The molecule has 1 amide bonds. The van der Waals surface area contributed by atoms with Crippen LogP contribution in [0.1, 0.15) is 26.7 Å². The SMILES string of the molecule is CCC(CC)(CN)NC(=O)COc1ccc(F)c(Cl)c1. The summed E-state index contributed by atoms with van der Waals surface area (Å²) in [4.78, 5) is 11.9. The molecule has 0 aliphatic carbocycles. The molecule has 0 spiro atoms. The van der Waals surface area contributed by atoms with Crippen LogP contribution in [0.5, 0.6) is 5.75 Å². The van der Waals surface area contributed by atoms with Crippen molar-refractivity contribution < 1.29 is 13.9 Å². The predicted molar refractivity (Wildman–Crippen MR) is 77.4 cm³/mol. The van der Waals surface area contributed by atoms with Crippen molar-refractivity contribution in [3.63, 3.8) is 0 Å². The predicted octanol–water partition coefficient (Wildman–Crippen LogP) is 2.49. The Morgan fingerprint density at radius 3 is 2.60 bits per heavy atom. The van der Waals surface area contributed by atoms with Crippen LogP contribution in [0.2, 0.25) is 5.02 Å². The standard InChI is InChI=1S/C14H20ClFN2O2/c1-3-14(4-2,9-17)18-13(19)8-20-10-5-6-12(16)11(15)7-10/h5-7H,3-4,8-9,17H2,1-2H3,(H,18,19). The molecule has 0 radical (unpaired) electrons. The molecule has 112 valence electrons. The van der Waals surface area contributed by atoms with Crippen LogP contribution < -0.4 is 15.8 Å². The Bertz CT molecular complexity index is 456. The summed E-state index contributed by atoms with van der Waals surface area (Å²) < 4.78 is 18.3. The van der Waals surface area contributed by atoms with Crippen LogP contribution in [-0.4, -0.2) is 24.6 Å². The zero-order chi connectivity index (χ0) is 15.2. The monoisotopic (exact) mass is 302 g/mol. The van der Waals surface area contributed by atoms with Gasteiger partial charge in [0.1, 0.15) is 11.6 Å². The fraction of sp³-hybridized carbons (Fsp3) is 0.500. The van der Waals surface area contributed by atoms with Crippen molar-refractivity contribution in [1.29, 1.82) is 0 Å². The van der Waals surface area contributed by atoms with Gasteiger partial charge in [-0.15, -0.1) is 0 Å². The Balaban J connectivity index is 2.56. The smallest absolute Gasteiger partial charge is 0.258 e. The summed E-state index contributed by atoms with van der Waals surface area (Å²) in [5.41, 5.74) is 5.30. The molecule has 4 nitrogen and oxygen atoms in total. The zero-order valence-corrected chi connectivity index (χ0v) is 12.5. The summed E-state index contributed by atoms with van der Waals surface area (Å²) >= 11 is 5.63. The maximum absolute atomic E-state index is 13.0. The molecular weight excluding hydrogens is 283 g/mol. The number of hydrogen-bond donors (Lipinski definition) is 2. The molecule has 0 unspecified atom stereocenters. The first kappa shape index (κ1) is 16.7. The van der Waals surface area contributed by atoms with Crippen LogP contribution >= 0.6 is 11.6 Å². The largest absolute Gasteiger partial charge is 0.484 e. The minimum atomic E-state index is -0.525. The summed E-state index contributed by atoms with van der Waals surface area (Å²) in [7, 11) is 0. The normalized spacial score (nSPS) is 11.2. The van der Waals surface area contributed by atoms with E-state index in [1.54, 1.807) is 0 Å². The number of hydrogen-bond acceptors (Lipinski definition) is 3. The maximum atomic E-state index is 13.0. The van der Waals surface area contributed by atoms with E-state index < -0.39 is 11.4 Å². The molecule has 0 aliphatic rings. The van der Waals surface area contributed by atoms with Gasteiger partial charge in [0, 0.05) is 12.6 Å². The van der Waals surface area contributed by atoms with Crippen LogP contribution in [-0.2, 0) is 4.79 Å². The van der Waals surface area contributed by atoms with E-state index in [1.165, 1.54) is 18.2 Å². The summed E-state index contributed by atoms with van der Waals surface area (Å²) in [5, 5.41) is 2.84. The van der Waals surface area contributed by atoms with E-state index >= 15 is 0 Å². The second kappa shape index (κ2) is 7.45. The number of rotatable bonds is 7. The minimum absolute atomic E-state index is 0.0404. The van der Waals surface area contributed by atoms with Gasteiger partial charge in [0.15, 0.2) is 6.61 Å². The lowest BCUT2D eigenvalue weighted by molar-refractivity contribution is -0.125. The first-order valence-electron chi connectivity index (χ1n) is 6.55. The van der Waals surface area contributed by atoms with Gasteiger partial charge in [-0.2, -0.15) is 0 Å². The molecule has 0 aromatic heterocycles. The summed E-state index contributed by atoms with van der Waals surface area (Å²) in [6.45, 7) is 4.15. The molecule has 6 heteroatoms. The third-order valence-corrected chi connectivity index (χ3v) is 3.70. The van der Waals surface area contributed by atoms with Crippen molar-refractivity contribution in [2.75, 3.05) is 13.2 Å². The number of amides is 1. The van der Waals surface area contributed by atoms with Crippen LogP contribution in [0, 0.1) is 5.82 Å². The second-order valence-corrected chi connectivity index (χ2v) is 5.01. The van der Waals surface area contributed by atoms with Crippen molar-refractivity contribution >= 4 is 17.5 Å². The van der Waals surface area contributed by atoms with Crippen molar-refractivity contribution in [1.82, 2.24) is 5.32 Å². The fourth-order valence-corrected chi connectivity index (χ4v) is 1.98. The second-order valence-electron chi connectivity index (χ2n) is 4.60. The Morgan fingerprint density at radius 2 is 2.10 bits per heavy atom. The average molecular weight is 303 g/mol. The van der Waals surface area contributed by atoms with E-state index in [4.69, 9.17) is 22.1 Å². The molecule has 1 rings (SSSR count). The molecule has 0 bridgehead atoms. The third kappa shape index (κ3) is 4.35. The Hall–Kier alpha value is -1.33. The van der Waals surface area contributed by atoms with Crippen molar-refractivity contribution in [3.05, 3.63) is 29.0 Å². The van der Waals surface area contributed by atoms with Gasteiger partial charge in [-0.3, -0.25) is 4.79 Å². The molecule has 20 heavy (non-hydrogen) atoms. The molecule has 0 saturated carbocycles. The average Bonchev–Trinajstić information content (AvgIpc) is 2.46. The summed E-state index contributed by atoms with van der Waals surface area (Å²) in [6.07, 6.45) is 1.49. The molecular formula is C14H20ClFN2O2. The van der Waals surface area contributed by atoms with Crippen molar-refractivity contribution in [3.8, 4) is 5.75 Å². The van der Waals surface area contributed by atoms with E-state index in [0.29, 0.717) is 12.3 Å². The molecule has 0 saturated heterocycles. The van der Waals surface area contributed by atoms with Gasteiger partial charge in [-0.05, 0) is 25.0 Å². The molecule has 3 N–H and O–H groups in total. The van der Waals surface area contributed by atoms with Gasteiger partial charge in [-0.1, -0.05) is 25.4 Å². The first-order chi connectivity index (χ1) is 9.46. The van der Waals surface area contributed by atoms with Crippen molar-refractivity contribution in [2.24, 2.45) is 5.73 Å². The lowest BCUT2D eigenvalue weighted by Crippen LogP contribution is -2.54. The number of nitrogens with one attached hydrogen (secondary N) is 1. The van der Waals surface area contributed by atoms with E-state index in [-0.39, 0.29) is 17.5 Å². The molecule has 0 atom stereocenters. The zero-order valence-electron chi connectivity index (χ0n) is 11.7. The highest BCUT2D eigenvalue weighted by atomic mass is 35.5. The minimum Gasteiger partial charge on any atom is -0.484 e. The Morgan fingerprint density at radius 1 is 1.45 bits per heavy atom. The van der Waals surface area contributed by atoms with Gasteiger partial charge < -0.3 is 15.8 Å². The van der Waals surface area contributed by atoms with Crippen LogP contribution in [0.3, 0.4) is 0 Å². The van der Waals surface area contributed by atoms with Gasteiger partial charge >= 0.3 is 0 Å². The van der Waals surface area contributed by atoms with Gasteiger partial charge in [0.25, 0.3) is 5.91 Å². The highest BCUT2D eigenvalue weighted by Crippen LogP contribution is 2.21. The van der Waals surface area contributed by atoms with Gasteiger partial charge in [-0.25, -0.2) is 4.39 Å². The van der Waals surface area contributed by atoms with Crippen LogP contribution in [0.15, 0.2) is 18.2 Å². The summed E-state index contributed by atoms with van der Waals surface area (Å²) in [5.74, 6) is -0.444. The van der Waals surface area contributed by atoms with Gasteiger partial charge in [0.2, 0.25) is 0 Å². The quantitative estimate of drug-likeness (QED) is 0.813. The van der Waals surface area contributed by atoms with E-state index in [9.17, 15) is 9.18 Å². The number of ether oxygens (including phenoxy) is 1. The maximum Gasteiger partial charge on any atom is 0.258 e. The molecule has 0 fully saturated rings. The number of halogens is 2. The highest BCUT2D eigenvalue weighted by Gasteiger charge is 2.26.